The second-order valence-corrected chi connectivity index (χ2v) is 12.0. The van der Waals surface area contributed by atoms with Crippen molar-refractivity contribution in [2.24, 2.45) is 0 Å². The molecule has 2 saturated heterocycles. The molecule has 2 fully saturated rings. The summed E-state index contributed by atoms with van der Waals surface area (Å²) in [5, 5.41) is 13.8. The summed E-state index contributed by atoms with van der Waals surface area (Å²) in [5.74, 6) is -0.464. The summed E-state index contributed by atoms with van der Waals surface area (Å²) >= 11 is 0. The van der Waals surface area contributed by atoms with E-state index in [1.165, 1.54) is 4.52 Å². The maximum atomic E-state index is 12.9. The molecule has 10 nitrogen and oxygen atoms in total. The van der Waals surface area contributed by atoms with E-state index in [-0.39, 0.29) is 34.6 Å². The Bertz CT molecular complexity index is 1620. The Kier molecular flexibility index (Phi) is 5.92. The molecule has 1 unspecified atom stereocenters. The molecule has 3 N–H and O–H groups in total. The first-order chi connectivity index (χ1) is 18.3. The smallest absolute Gasteiger partial charge is 0.248 e. The van der Waals surface area contributed by atoms with E-state index in [1.807, 2.05) is 42.5 Å². The number of nitrogens with two attached hydrogens (primary N) is 1. The van der Waals surface area contributed by atoms with Gasteiger partial charge in [-0.1, -0.05) is 36.4 Å². The third kappa shape index (κ3) is 4.02. The van der Waals surface area contributed by atoms with Gasteiger partial charge >= 0.3 is 0 Å². The summed E-state index contributed by atoms with van der Waals surface area (Å²) in [7, 11) is -3.73. The lowest BCUT2D eigenvalue weighted by atomic mass is 9.87. The fourth-order valence-electron chi connectivity index (χ4n) is 6.10. The van der Waals surface area contributed by atoms with Gasteiger partial charge in [-0.05, 0) is 31.7 Å². The number of pyridine rings is 1. The molecular weight excluding hydrogens is 504 g/mol. The number of hydrogen-bond acceptors (Lipinski definition) is 8. The van der Waals surface area contributed by atoms with Crippen LogP contribution in [0.2, 0.25) is 0 Å². The summed E-state index contributed by atoms with van der Waals surface area (Å²) < 4.78 is 27.3. The van der Waals surface area contributed by atoms with Gasteiger partial charge in [0.25, 0.3) is 0 Å². The number of carbonyl (C=O) groups is 1. The molecule has 11 heteroatoms. The number of benzene rings is 1. The van der Waals surface area contributed by atoms with E-state index in [0.717, 1.165) is 35.9 Å². The summed E-state index contributed by atoms with van der Waals surface area (Å²) in [6.07, 6.45) is 7.26. The lowest BCUT2D eigenvalue weighted by Crippen LogP contribution is -2.47. The highest BCUT2D eigenvalue weighted by atomic mass is 32.2. The molecule has 1 amide bonds. The van der Waals surface area contributed by atoms with Crippen molar-refractivity contribution in [2.45, 2.75) is 48.6 Å². The molecule has 2 aliphatic rings. The van der Waals surface area contributed by atoms with E-state index in [1.54, 1.807) is 17.3 Å². The summed E-state index contributed by atoms with van der Waals surface area (Å²) in [5.41, 5.74) is 10.6. The standard InChI is InChI=1S/C27H28N6O4S/c1-38(36,37)25-24(18-11-19-8-9-20(12-18)32(19)23(35)15-34)31-27-21(14-30-33(27)26(25)28)17-7-10-22(29-13-17)16-5-3-2-4-6-16/h2-7,10,13-14,18-20,34H,8-9,11-12,15,28H2,1H3/t18?,19-,20+. The minimum absolute atomic E-state index is 0.0106. The second-order valence-electron chi connectivity index (χ2n) is 10.1. The Morgan fingerprint density at radius 1 is 1.05 bits per heavy atom. The lowest BCUT2D eigenvalue weighted by molar-refractivity contribution is -0.138. The molecule has 2 bridgehead atoms. The van der Waals surface area contributed by atoms with Crippen molar-refractivity contribution in [3.8, 4) is 22.4 Å². The normalized spacial score (nSPS) is 21.2. The van der Waals surface area contributed by atoms with E-state index in [4.69, 9.17) is 10.7 Å². The molecule has 5 heterocycles. The van der Waals surface area contributed by atoms with Crippen LogP contribution in [0.5, 0.6) is 0 Å². The molecule has 1 aromatic carbocycles. The molecule has 4 aromatic rings. The van der Waals surface area contributed by atoms with Gasteiger partial charge in [-0.2, -0.15) is 9.61 Å². The summed E-state index contributed by atoms with van der Waals surface area (Å²) in [4.78, 5) is 23.6. The predicted octanol–water partition coefficient (Wildman–Crippen LogP) is 2.67. The summed E-state index contributed by atoms with van der Waals surface area (Å²) in [6.45, 7) is -0.528. The van der Waals surface area contributed by atoms with E-state index in [2.05, 4.69) is 10.1 Å². The molecule has 196 valence electrons. The van der Waals surface area contributed by atoms with Crippen molar-refractivity contribution in [1.29, 1.82) is 0 Å². The SMILES string of the molecule is CS(=O)(=O)c1c(C2C[C@H]3CC[C@@H](C2)N3C(=O)CO)nc2c(-c3ccc(-c4ccccc4)nc3)cnn2c1N. The van der Waals surface area contributed by atoms with Gasteiger partial charge in [0.2, 0.25) is 5.91 Å². The topological polar surface area (TPSA) is 144 Å². The van der Waals surface area contributed by atoms with Crippen LogP contribution >= 0.6 is 0 Å². The van der Waals surface area contributed by atoms with E-state index in [0.29, 0.717) is 29.7 Å². The number of aliphatic hydroxyl groups is 1. The average molecular weight is 533 g/mol. The fourth-order valence-corrected chi connectivity index (χ4v) is 7.16. The molecule has 3 aromatic heterocycles. The molecule has 38 heavy (non-hydrogen) atoms. The van der Waals surface area contributed by atoms with Crippen molar-refractivity contribution in [2.75, 3.05) is 18.6 Å². The number of fused-ring (bicyclic) bond motifs is 3. The van der Waals surface area contributed by atoms with Gasteiger partial charge in [0.05, 0.1) is 17.6 Å². The Labute approximate surface area is 220 Å². The average Bonchev–Trinajstić information content (AvgIpc) is 3.46. The van der Waals surface area contributed by atoms with Gasteiger partial charge in [0.1, 0.15) is 17.3 Å². The molecule has 0 aliphatic carbocycles. The zero-order valence-electron chi connectivity index (χ0n) is 20.9. The number of rotatable bonds is 5. The van der Waals surface area contributed by atoms with Crippen LogP contribution < -0.4 is 5.73 Å². The van der Waals surface area contributed by atoms with E-state index < -0.39 is 16.4 Å². The van der Waals surface area contributed by atoms with Crippen molar-refractivity contribution < 1.29 is 18.3 Å². The molecule has 0 radical (unpaired) electrons. The number of piperidine rings is 1. The monoisotopic (exact) mass is 532 g/mol. The van der Waals surface area contributed by atoms with E-state index in [9.17, 15) is 18.3 Å². The van der Waals surface area contributed by atoms with Gasteiger partial charge < -0.3 is 15.7 Å². The van der Waals surface area contributed by atoms with Crippen LogP contribution in [0.25, 0.3) is 28.0 Å². The lowest BCUT2D eigenvalue weighted by Gasteiger charge is -2.39. The molecule has 0 saturated carbocycles. The molecule has 2 aliphatic heterocycles. The number of aliphatic hydroxyl groups excluding tert-OH is 1. The Hall–Kier alpha value is -3.83. The third-order valence-electron chi connectivity index (χ3n) is 7.72. The highest BCUT2D eigenvalue weighted by Crippen LogP contribution is 2.45. The largest absolute Gasteiger partial charge is 0.387 e. The number of sulfone groups is 1. The van der Waals surface area contributed by atoms with Crippen LogP contribution in [0.15, 0.2) is 59.8 Å². The minimum Gasteiger partial charge on any atom is -0.387 e. The number of anilines is 1. The van der Waals surface area contributed by atoms with Crippen molar-refractivity contribution in [3.63, 3.8) is 0 Å². The number of amides is 1. The van der Waals surface area contributed by atoms with Crippen LogP contribution in [-0.4, -0.2) is 68.9 Å². The zero-order chi connectivity index (χ0) is 26.6. The van der Waals surface area contributed by atoms with E-state index >= 15 is 0 Å². The third-order valence-corrected chi connectivity index (χ3v) is 8.88. The van der Waals surface area contributed by atoms with Gasteiger partial charge in [-0.25, -0.2) is 13.4 Å². The van der Waals surface area contributed by atoms with Gasteiger partial charge in [0, 0.05) is 47.1 Å². The number of nitrogen functional groups attached to an aromatic ring is 1. The van der Waals surface area contributed by atoms with Crippen molar-refractivity contribution in [3.05, 3.63) is 60.6 Å². The van der Waals surface area contributed by atoms with Crippen molar-refractivity contribution in [1.82, 2.24) is 24.5 Å². The van der Waals surface area contributed by atoms with Crippen LogP contribution in [0.1, 0.15) is 37.3 Å². The highest BCUT2D eigenvalue weighted by molar-refractivity contribution is 7.91. The number of hydrogen-bond donors (Lipinski definition) is 2. The number of nitrogens with zero attached hydrogens (tertiary/aromatic N) is 5. The Morgan fingerprint density at radius 3 is 2.37 bits per heavy atom. The first-order valence-electron chi connectivity index (χ1n) is 12.6. The second kappa shape index (κ2) is 9.17. The maximum absolute atomic E-state index is 12.9. The fraction of sp³-hybridized carbons (Fsp3) is 0.333. The Balaban J connectivity index is 1.44. The van der Waals surface area contributed by atoms with Crippen LogP contribution in [-0.2, 0) is 14.6 Å². The maximum Gasteiger partial charge on any atom is 0.248 e. The predicted molar refractivity (Wildman–Crippen MR) is 142 cm³/mol. The molecule has 6 rings (SSSR count). The number of carbonyl (C=O) groups excluding carboxylic acids is 1. The summed E-state index contributed by atoms with van der Waals surface area (Å²) in [6, 6.07) is 13.6. The number of aromatic nitrogens is 4. The first-order valence-corrected chi connectivity index (χ1v) is 14.5. The van der Waals surface area contributed by atoms with Crippen LogP contribution in [0, 0.1) is 0 Å². The van der Waals surface area contributed by atoms with Crippen LogP contribution in [0.4, 0.5) is 5.82 Å². The molecule has 3 atom stereocenters. The van der Waals surface area contributed by atoms with Gasteiger partial charge in [-0.3, -0.25) is 9.78 Å². The zero-order valence-corrected chi connectivity index (χ0v) is 21.7. The molecule has 0 spiro atoms. The highest BCUT2D eigenvalue weighted by Gasteiger charge is 2.45. The minimum atomic E-state index is -3.73. The molecular formula is C27H28N6O4S. The quantitative estimate of drug-likeness (QED) is 0.399. The van der Waals surface area contributed by atoms with Gasteiger partial charge in [0.15, 0.2) is 15.5 Å². The van der Waals surface area contributed by atoms with Gasteiger partial charge in [-0.15, -0.1) is 0 Å². The Morgan fingerprint density at radius 2 is 1.76 bits per heavy atom. The van der Waals surface area contributed by atoms with Crippen molar-refractivity contribution >= 4 is 27.2 Å². The first kappa shape index (κ1) is 24.5. The van der Waals surface area contributed by atoms with Crippen LogP contribution in [0.3, 0.4) is 0 Å².